The van der Waals surface area contributed by atoms with Crippen molar-refractivity contribution < 1.29 is 4.74 Å². The van der Waals surface area contributed by atoms with E-state index in [0.717, 1.165) is 44.8 Å². The molecule has 2 fully saturated rings. The molecule has 146 valence electrons. The zero-order chi connectivity index (χ0) is 19.3. The van der Waals surface area contributed by atoms with Crippen molar-refractivity contribution in [3.8, 4) is 5.69 Å². The van der Waals surface area contributed by atoms with Crippen LogP contribution in [0.3, 0.4) is 0 Å². The molecule has 2 aliphatic rings. The highest BCUT2D eigenvalue weighted by Gasteiger charge is 2.41. The summed E-state index contributed by atoms with van der Waals surface area (Å²) in [5.74, 6) is 0.872. The molecular weight excluding hydrogens is 399 g/mol. The van der Waals surface area contributed by atoms with Gasteiger partial charge in [0.15, 0.2) is 10.8 Å². The van der Waals surface area contributed by atoms with Gasteiger partial charge in [-0.05, 0) is 37.7 Å². The molecule has 0 aliphatic carbocycles. The summed E-state index contributed by atoms with van der Waals surface area (Å²) >= 11 is 12.5. The number of anilines is 1. The topological polar surface area (TPSA) is 69.0 Å². The van der Waals surface area contributed by atoms with Crippen LogP contribution in [0, 0.1) is 5.41 Å². The highest BCUT2D eigenvalue weighted by atomic mass is 35.5. The Balaban J connectivity index is 1.41. The molecule has 3 aromatic rings. The Labute approximate surface area is 172 Å². The van der Waals surface area contributed by atoms with Crippen molar-refractivity contribution in [3.05, 3.63) is 34.8 Å². The molecule has 0 N–H and O–H groups in total. The van der Waals surface area contributed by atoms with E-state index in [2.05, 4.69) is 26.9 Å². The van der Waals surface area contributed by atoms with E-state index in [1.54, 1.807) is 29.3 Å². The van der Waals surface area contributed by atoms with Gasteiger partial charge >= 0.3 is 0 Å². The van der Waals surface area contributed by atoms with Crippen molar-refractivity contribution in [1.29, 1.82) is 0 Å². The lowest BCUT2D eigenvalue weighted by atomic mass is 9.77. The normalized spacial score (nSPS) is 21.7. The van der Waals surface area contributed by atoms with Gasteiger partial charge in [-0.1, -0.05) is 23.2 Å². The first-order chi connectivity index (χ1) is 13.5. The molecule has 1 atom stereocenters. The van der Waals surface area contributed by atoms with Crippen molar-refractivity contribution >= 4 is 40.2 Å². The predicted molar refractivity (Wildman–Crippen MR) is 108 cm³/mol. The van der Waals surface area contributed by atoms with Gasteiger partial charge in [-0.15, -0.1) is 0 Å². The molecule has 28 heavy (non-hydrogen) atoms. The number of nitrogens with zero attached hydrogens (tertiary/aromatic N) is 6. The number of hydrogen-bond donors (Lipinski definition) is 0. The lowest BCUT2D eigenvalue weighted by Crippen LogP contribution is -2.41. The Morgan fingerprint density at radius 2 is 2.00 bits per heavy atom. The molecular formula is C19H20Cl2N6O. The van der Waals surface area contributed by atoms with Gasteiger partial charge in [0.1, 0.15) is 17.0 Å². The summed E-state index contributed by atoms with van der Waals surface area (Å²) in [4.78, 5) is 15.8. The van der Waals surface area contributed by atoms with E-state index in [1.807, 2.05) is 0 Å². The molecule has 0 unspecified atom stereocenters. The van der Waals surface area contributed by atoms with E-state index in [0.29, 0.717) is 33.4 Å². The zero-order valence-corrected chi connectivity index (χ0v) is 17.0. The monoisotopic (exact) mass is 418 g/mol. The zero-order valence-electron chi connectivity index (χ0n) is 15.5. The maximum atomic E-state index is 6.29. The SMILES string of the molecule is C[C@H]1CC2(CCN(c3cnc4c(cnn4-c4c(Cl)ccnc4Cl)n3)CC2)CO1. The van der Waals surface area contributed by atoms with Gasteiger partial charge < -0.3 is 9.64 Å². The summed E-state index contributed by atoms with van der Waals surface area (Å²) < 4.78 is 7.41. The molecule has 2 saturated heterocycles. The Bertz CT molecular complexity index is 1010. The lowest BCUT2D eigenvalue weighted by Gasteiger charge is -2.38. The third-order valence-corrected chi connectivity index (χ3v) is 6.43. The van der Waals surface area contributed by atoms with Crippen LogP contribution in [0.5, 0.6) is 0 Å². The molecule has 3 aromatic heterocycles. The van der Waals surface area contributed by atoms with E-state index in [4.69, 9.17) is 32.9 Å². The molecule has 1 spiro atoms. The fourth-order valence-corrected chi connectivity index (χ4v) is 4.83. The van der Waals surface area contributed by atoms with E-state index < -0.39 is 0 Å². The van der Waals surface area contributed by atoms with Crippen molar-refractivity contribution in [3.63, 3.8) is 0 Å². The van der Waals surface area contributed by atoms with Gasteiger partial charge in [-0.2, -0.15) is 5.10 Å². The second-order valence-corrected chi connectivity index (χ2v) is 8.50. The van der Waals surface area contributed by atoms with Crippen molar-refractivity contribution in [2.45, 2.75) is 32.3 Å². The standard InChI is InChI=1S/C19H20Cl2N6O/c1-12-8-19(11-28-12)3-6-26(7-4-19)15-10-23-18-14(25-15)9-24-27(18)16-13(20)2-5-22-17(16)21/h2,5,9-10,12H,3-4,6-8,11H2,1H3/t12-/m0/s1. The van der Waals surface area contributed by atoms with Crippen LogP contribution in [0.25, 0.3) is 16.9 Å². The third-order valence-electron chi connectivity index (χ3n) is 5.85. The van der Waals surface area contributed by atoms with E-state index >= 15 is 0 Å². The maximum Gasteiger partial charge on any atom is 0.181 e. The molecule has 7 nitrogen and oxygen atoms in total. The van der Waals surface area contributed by atoms with Gasteiger partial charge in [-0.3, -0.25) is 0 Å². The number of ether oxygens (including phenoxy) is 1. The number of hydrogen-bond acceptors (Lipinski definition) is 6. The first kappa shape index (κ1) is 18.1. The van der Waals surface area contributed by atoms with Crippen LogP contribution in [0.1, 0.15) is 26.2 Å². The maximum absolute atomic E-state index is 6.29. The Kier molecular flexibility index (Phi) is 4.41. The third kappa shape index (κ3) is 3.02. The second kappa shape index (κ2) is 6.83. The fraction of sp³-hybridized carbons (Fsp3) is 0.474. The largest absolute Gasteiger partial charge is 0.378 e. The lowest BCUT2D eigenvalue weighted by molar-refractivity contribution is 0.0976. The number of fused-ring (bicyclic) bond motifs is 1. The van der Waals surface area contributed by atoms with Gasteiger partial charge in [0, 0.05) is 19.3 Å². The average molecular weight is 419 g/mol. The number of piperidine rings is 1. The van der Waals surface area contributed by atoms with E-state index in [9.17, 15) is 0 Å². The van der Waals surface area contributed by atoms with E-state index in [1.165, 1.54) is 0 Å². The van der Waals surface area contributed by atoms with Crippen molar-refractivity contribution in [1.82, 2.24) is 24.7 Å². The minimum Gasteiger partial charge on any atom is -0.378 e. The summed E-state index contributed by atoms with van der Waals surface area (Å²) in [5, 5.41) is 5.13. The summed E-state index contributed by atoms with van der Waals surface area (Å²) in [6.45, 7) is 4.97. The number of halogens is 2. The van der Waals surface area contributed by atoms with Gasteiger partial charge in [0.25, 0.3) is 0 Å². The average Bonchev–Trinajstić information content (AvgIpc) is 3.26. The highest BCUT2D eigenvalue weighted by molar-refractivity contribution is 6.37. The van der Waals surface area contributed by atoms with Crippen LogP contribution >= 0.6 is 23.2 Å². The Morgan fingerprint density at radius 3 is 2.71 bits per heavy atom. The van der Waals surface area contributed by atoms with Crippen LogP contribution in [-0.2, 0) is 4.74 Å². The molecule has 2 aliphatic heterocycles. The molecule has 0 radical (unpaired) electrons. The smallest absolute Gasteiger partial charge is 0.181 e. The van der Waals surface area contributed by atoms with Gasteiger partial charge in [-0.25, -0.2) is 19.6 Å². The number of rotatable bonds is 2. The molecule has 0 saturated carbocycles. The Morgan fingerprint density at radius 1 is 1.18 bits per heavy atom. The molecule has 0 aromatic carbocycles. The first-order valence-electron chi connectivity index (χ1n) is 9.42. The second-order valence-electron chi connectivity index (χ2n) is 7.74. The van der Waals surface area contributed by atoms with E-state index in [-0.39, 0.29) is 5.15 Å². The molecule has 0 bridgehead atoms. The molecule has 9 heteroatoms. The number of aromatic nitrogens is 5. The summed E-state index contributed by atoms with van der Waals surface area (Å²) in [5.41, 5.74) is 2.16. The molecule has 5 rings (SSSR count). The van der Waals surface area contributed by atoms with Crippen LogP contribution in [0.15, 0.2) is 24.7 Å². The van der Waals surface area contributed by atoms with Crippen LogP contribution in [0.4, 0.5) is 5.82 Å². The van der Waals surface area contributed by atoms with Crippen LogP contribution in [-0.4, -0.2) is 50.5 Å². The van der Waals surface area contributed by atoms with Crippen LogP contribution in [0.2, 0.25) is 10.2 Å². The summed E-state index contributed by atoms with van der Waals surface area (Å²) in [6.07, 6.45) is 8.82. The van der Waals surface area contributed by atoms with Gasteiger partial charge in [0.2, 0.25) is 0 Å². The molecule has 0 amide bonds. The summed E-state index contributed by atoms with van der Waals surface area (Å²) in [6, 6.07) is 1.68. The quantitative estimate of drug-likeness (QED) is 0.587. The minimum absolute atomic E-state index is 0.276. The fourth-order valence-electron chi connectivity index (χ4n) is 4.32. The van der Waals surface area contributed by atoms with Gasteiger partial charge in [0.05, 0.1) is 30.1 Å². The van der Waals surface area contributed by atoms with Crippen LogP contribution < -0.4 is 4.90 Å². The predicted octanol–water partition coefficient (Wildman–Crippen LogP) is 3.91. The minimum atomic E-state index is 0.276. The highest BCUT2D eigenvalue weighted by Crippen LogP contribution is 2.42. The van der Waals surface area contributed by atoms with Crippen molar-refractivity contribution in [2.75, 3.05) is 24.6 Å². The first-order valence-corrected chi connectivity index (χ1v) is 10.2. The number of pyridine rings is 1. The Hall–Kier alpha value is -1.96. The molecule has 5 heterocycles. The van der Waals surface area contributed by atoms with Crippen molar-refractivity contribution in [2.24, 2.45) is 5.41 Å². The summed E-state index contributed by atoms with van der Waals surface area (Å²) in [7, 11) is 0.